The molecule has 5 heteroatoms. The third kappa shape index (κ3) is 2.71. The average molecular weight is 460 g/mol. The fourth-order valence-corrected chi connectivity index (χ4v) is 5.57. The molecule has 2 aliphatic rings. The summed E-state index contributed by atoms with van der Waals surface area (Å²) in [5.41, 5.74) is 1.99. The minimum absolute atomic E-state index is 0.131. The number of carbonyl (C=O) groups excluding carboxylic acids is 1. The third-order valence-electron chi connectivity index (χ3n) is 6.01. The summed E-state index contributed by atoms with van der Waals surface area (Å²) in [6, 6.07) is 8.39. The number of rotatable bonds is 4. The third-order valence-corrected chi connectivity index (χ3v) is 7.18. The summed E-state index contributed by atoms with van der Waals surface area (Å²) >= 11 is 8.41. The zero-order valence-corrected chi connectivity index (χ0v) is 17.0. The first-order chi connectivity index (χ1) is 11.5. The summed E-state index contributed by atoms with van der Waals surface area (Å²) in [5.74, 6) is -0.221. The van der Waals surface area contributed by atoms with Gasteiger partial charge < -0.3 is 4.74 Å². The maximum Gasteiger partial charge on any atom is 0.311 e. The topological polar surface area (TPSA) is 29.5 Å². The molecule has 2 aliphatic heterocycles. The Morgan fingerprint density at radius 2 is 2.12 bits per heavy atom. The Hall–Kier alpha value is -0.590. The fourth-order valence-electron chi connectivity index (χ4n) is 4.78. The number of halogens is 2. The Balaban J connectivity index is 2.11. The monoisotopic (exact) mass is 459 g/mol. The summed E-state index contributed by atoms with van der Waals surface area (Å²) in [6.45, 7) is 4.35. The number of fused-ring (bicyclic) bond motifs is 2. The molecule has 0 unspecified atom stereocenters. The number of benzene rings is 1. The molecular weight excluding hydrogens is 437 g/mol. The lowest BCUT2D eigenvalue weighted by molar-refractivity contribution is -0.153. The van der Waals surface area contributed by atoms with Crippen LogP contribution in [0.25, 0.3) is 0 Å². The highest BCUT2D eigenvalue weighted by molar-refractivity contribution is 14.1. The van der Waals surface area contributed by atoms with Crippen molar-refractivity contribution < 1.29 is 9.53 Å². The van der Waals surface area contributed by atoms with Crippen LogP contribution in [-0.2, 0) is 9.53 Å². The standard InChI is InChI=1S/C19H23ClINO2/c1-12(11-21)19-9-8-15(22(19)2)10-16(17(19)18(23)24-3)13-4-6-14(20)7-5-13/h4-7,15-17H,1,8-11H2,2-3H3/t15-,16+,17+,19-/m0/s1. The van der Waals surface area contributed by atoms with Crippen LogP contribution in [0.5, 0.6) is 0 Å². The summed E-state index contributed by atoms with van der Waals surface area (Å²) in [6.07, 6.45) is 3.04. The van der Waals surface area contributed by atoms with Gasteiger partial charge in [0.1, 0.15) is 0 Å². The molecule has 0 saturated carbocycles. The molecule has 0 aliphatic carbocycles. The minimum atomic E-state index is -0.304. The molecule has 1 aromatic rings. The molecule has 0 spiro atoms. The van der Waals surface area contributed by atoms with Crippen LogP contribution >= 0.6 is 34.2 Å². The maximum atomic E-state index is 12.9. The van der Waals surface area contributed by atoms with Crippen molar-refractivity contribution in [2.75, 3.05) is 18.6 Å². The molecule has 0 amide bonds. The van der Waals surface area contributed by atoms with E-state index in [9.17, 15) is 4.79 Å². The normalized spacial score (nSPS) is 32.6. The van der Waals surface area contributed by atoms with E-state index >= 15 is 0 Å². The lowest BCUT2D eigenvalue weighted by atomic mass is 9.66. The highest BCUT2D eigenvalue weighted by atomic mass is 127. The van der Waals surface area contributed by atoms with Gasteiger partial charge in [-0.1, -0.05) is 52.9 Å². The fraction of sp³-hybridized carbons (Fsp3) is 0.526. The van der Waals surface area contributed by atoms with Crippen LogP contribution in [-0.4, -0.2) is 41.0 Å². The van der Waals surface area contributed by atoms with Crippen LogP contribution in [0.15, 0.2) is 36.4 Å². The SMILES string of the molecule is C=C(CI)[C@@]12CC[C@@H](C[C@H](c3ccc(Cl)cc3)[C@@H]1C(=O)OC)N2C. The molecule has 0 N–H and O–H groups in total. The first-order valence-electron chi connectivity index (χ1n) is 8.26. The molecular formula is C19H23ClINO2. The highest BCUT2D eigenvalue weighted by Crippen LogP contribution is 2.56. The maximum absolute atomic E-state index is 12.9. The van der Waals surface area contributed by atoms with Crippen molar-refractivity contribution in [2.24, 2.45) is 5.92 Å². The predicted molar refractivity (Wildman–Crippen MR) is 106 cm³/mol. The number of nitrogens with zero attached hydrogens (tertiary/aromatic N) is 1. The number of methoxy groups -OCH3 is 1. The van der Waals surface area contributed by atoms with Gasteiger partial charge in [0.15, 0.2) is 0 Å². The van der Waals surface area contributed by atoms with Gasteiger partial charge in [-0.05, 0) is 49.6 Å². The van der Waals surface area contributed by atoms with Crippen molar-refractivity contribution >= 4 is 40.2 Å². The van der Waals surface area contributed by atoms with E-state index in [0.717, 1.165) is 34.3 Å². The number of likely N-dealkylation sites (N-methyl/N-ethyl adjacent to an activating group) is 1. The first kappa shape index (κ1) is 18.2. The van der Waals surface area contributed by atoms with E-state index in [1.165, 1.54) is 12.7 Å². The highest BCUT2D eigenvalue weighted by Gasteiger charge is 2.60. The molecule has 0 aromatic heterocycles. The molecule has 2 heterocycles. The largest absolute Gasteiger partial charge is 0.469 e. The summed E-state index contributed by atoms with van der Waals surface area (Å²) < 4.78 is 6.09. The van der Waals surface area contributed by atoms with E-state index in [0.29, 0.717) is 6.04 Å². The van der Waals surface area contributed by atoms with Crippen LogP contribution in [0.3, 0.4) is 0 Å². The van der Waals surface area contributed by atoms with Gasteiger partial charge in [-0.25, -0.2) is 0 Å². The van der Waals surface area contributed by atoms with Gasteiger partial charge in [0.05, 0.1) is 18.6 Å². The van der Waals surface area contributed by atoms with Crippen molar-refractivity contribution in [3.8, 4) is 0 Å². The Labute approximate surface area is 162 Å². The van der Waals surface area contributed by atoms with Crippen LogP contribution in [0.4, 0.5) is 0 Å². The molecule has 2 fully saturated rings. The van der Waals surface area contributed by atoms with Crippen LogP contribution in [0.1, 0.15) is 30.7 Å². The van der Waals surface area contributed by atoms with E-state index in [-0.39, 0.29) is 23.3 Å². The van der Waals surface area contributed by atoms with Gasteiger partial charge >= 0.3 is 5.97 Å². The van der Waals surface area contributed by atoms with Crippen molar-refractivity contribution in [1.82, 2.24) is 4.90 Å². The van der Waals surface area contributed by atoms with Crippen LogP contribution < -0.4 is 0 Å². The second-order valence-corrected chi connectivity index (χ2v) is 8.06. The van der Waals surface area contributed by atoms with E-state index in [2.05, 4.69) is 41.1 Å². The van der Waals surface area contributed by atoms with Crippen LogP contribution in [0, 0.1) is 5.92 Å². The molecule has 2 bridgehead atoms. The average Bonchev–Trinajstić information content (AvgIpc) is 2.81. The summed E-state index contributed by atoms with van der Waals surface area (Å²) in [7, 11) is 3.63. The van der Waals surface area contributed by atoms with Gasteiger partial charge in [0, 0.05) is 21.4 Å². The minimum Gasteiger partial charge on any atom is -0.469 e. The van der Waals surface area contributed by atoms with E-state index in [4.69, 9.17) is 16.3 Å². The molecule has 1 aromatic carbocycles. The first-order valence-corrected chi connectivity index (χ1v) is 10.2. The van der Waals surface area contributed by atoms with Gasteiger partial charge in [-0.3, -0.25) is 9.69 Å². The van der Waals surface area contributed by atoms with E-state index in [1.54, 1.807) is 0 Å². The molecule has 24 heavy (non-hydrogen) atoms. The molecule has 3 nitrogen and oxygen atoms in total. The van der Waals surface area contributed by atoms with Crippen molar-refractivity contribution in [3.63, 3.8) is 0 Å². The Kier molecular flexibility index (Phi) is 5.28. The zero-order chi connectivity index (χ0) is 17.5. The smallest absolute Gasteiger partial charge is 0.311 e. The number of ether oxygens (including phenoxy) is 1. The Bertz CT molecular complexity index is 647. The number of hydrogen-bond acceptors (Lipinski definition) is 3. The summed E-state index contributed by atoms with van der Waals surface area (Å²) in [5, 5.41) is 0.718. The lowest BCUT2D eigenvalue weighted by Gasteiger charge is -2.51. The Morgan fingerprint density at radius 3 is 2.71 bits per heavy atom. The second-order valence-electron chi connectivity index (χ2n) is 6.86. The van der Waals surface area contributed by atoms with Crippen molar-refractivity contribution in [1.29, 1.82) is 0 Å². The predicted octanol–water partition coefficient (Wildman–Crippen LogP) is 4.44. The van der Waals surface area contributed by atoms with E-state index < -0.39 is 0 Å². The Morgan fingerprint density at radius 1 is 1.46 bits per heavy atom. The molecule has 3 rings (SSSR count). The van der Waals surface area contributed by atoms with Crippen molar-refractivity contribution in [2.45, 2.75) is 36.8 Å². The summed E-state index contributed by atoms with van der Waals surface area (Å²) in [4.78, 5) is 15.2. The second kappa shape index (κ2) is 6.96. The van der Waals surface area contributed by atoms with E-state index in [1.807, 2.05) is 24.3 Å². The van der Waals surface area contributed by atoms with Gasteiger partial charge in [0.2, 0.25) is 0 Å². The molecule has 0 radical (unpaired) electrons. The molecule has 130 valence electrons. The number of esters is 1. The van der Waals surface area contributed by atoms with Gasteiger partial charge in [-0.2, -0.15) is 0 Å². The zero-order valence-electron chi connectivity index (χ0n) is 14.1. The van der Waals surface area contributed by atoms with Gasteiger partial charge in [-0.15, -0.1) is 0 Å². The van der Waals surface area contributed by atoms with Crippen molar-refractivity contribution in [3.05, 3.63) is 47.0 Å². The van der Waals surface area contributed by atoms with Crippen LogP contribution in [0.2, 0.25) is 5.02 Å². The lowest BCUT2D eigenvalue weighted by Crippen LogP contribution is -2.60. The number of carbonyl (C=O) groups is 1. The molecule has 4 atom stereocenters. The molecule has 2 saturated heterocycles. The number of alkyl halides is 1. The number of piperidine rings is 1. The number of hydrogen-bond donors (Lipinski definition) is 0. The quantitative estimate of drug-likeness (QED) is 0.288. The van der Waals surface area contributed by atoms with Gasteiger partial charge in [0.25, 0.3) is 0 Å².